The maximum absolute atomic E-state index is 13.3. The van der Waals surface area contributed by atoms with E-state index in [4.69, 9.17) is 10.5 Å². The number of ether oxygens (including phenoxy) is 1. The van der Waals surface area contributed by atoms with E-state index in [1.165, 1.54) is 0 Å². The fraction of sp³-hybridized carbons (Fsp3) is 0.583. The summed E-state index contributed by atoms with van der Waals surface area (Å²) in [5, 5.41) is 19.4. The normalized spacial score (nSPS) is 27.9. The number of alkyl halides is 3. The highest BCUT2D eigenvalue weighted by atomic mass is 19.4. The minimum Gasteiger partial charge on any atom is -0.393 e. The number of fused-ring (bicyclic) bond motifs is 1. The first-order chi connectivity index (χ1) is 11.1. The number of nitrogens with two attached hydrogens (primary N) is 1. The lowest BCUT2D eigenvalue weighted by Gasteiger charge is -2.30. The molecule has 0 radical (unpaired) electrons. The zero-order valence-electron chi connectivity index (χ0n) is 12.0. The van der Waals surface area contributed by atoms with E-state index in [-0.39, 0.29) is 23.4 Å². The van der Waals surface area contributed by atoms with E-state index < -0.39 is 43.2 Å². The molecular formula is C12H13F4N5O3. The summed E-state index contributed by atoms with van der Waals surface area (Å²) in [5.74, 6) is -0.237. The van der Waals surface area contributed by atoms with Crippen LogP contribution in [0.2, 0.25) is 0 Å². The van der Waals surface area contributed by atoms with Gasteiger partial charge in [0.05, 0.1) is 25.5 Å². The first-order valence-electron chi connectivity index (χ1n) is 6.84. The van der Waals surface area contributed by atoms with Crippen LogP contribution in [0.15, 0.2) is 6.33 Å². The van der Waals surface area contributed by atoms with E-state index >= 15 is 0 Å². The second-order valence-electron chi connectivity index (χ2n) is 5.54. The van der Waals surface area contributed by atoms with Crippen molar-refractivity contribution in [1.82, 2.24) is 19.5 Å². The quantitative estimate of drug-likeness (QED) is 0.544. The molecule has 3 rings (SSSR count). The fourth-order valence-corrected chi connectivity index (χ4v) is 2.79. The molecule has 1 fully saturated rings. The van der Waals surface area contributed by atoms with Crippen LogP contribution in [0.4, 0.5) is 23.4 Å². The van der Waals surface area contributed by atoms with E-state index in [1.807, 2.05) is 0 Å². The summed E-state index contributed by atoms with van der Waals surface area (Å²) in [6, 6.07) is 0. The second kappa shape index (κ2) is 5.50. The molecule has 8 nitrogen and oxygen atoms in total. The maximum Gasteiger partial charge on any atom is 0.392 e. The van der Waals surface area contributed by atoms with Gasteiger partial charge in [-0.25, -0.2) is 4.98 Å². The van der Waals surface area contributed by atoms with Crippen LogP contribution in [0.5, 0.6) is 0 Å². The van der Waals surface area contributed by atoms with Gasteiger partial charge in [-0.3, -0.25) is 4.57 Å². The predicted molar refractivity (Wildman–Crippen MR) is 70.9 cm³/mol. The Morgan fingerprint density at radius 1 is 1.42 bits per heavy atom. The summed E-state index contributed by atoms with van der Waals surface area (Å²) < 4.78 is 58.0. The SMILES string of the molecule is Nc1nc(F)nc2c1ncn2[C@H]1C[C@H](O)[C@](CO)(CC(F)(F)F)O1. The second-order valence-corrected chi connectivity index (χ2v) is 5.54. The zero-order valence-corrected chi connectivity index (χ0v) is 12.0. The van der Waals surface area contributed by atoms with E-state index in [9.17, 15) is 27.8 Å². The van der Waals surface area contributed by atoms with Gasteiger partial charge in [-0.1, -0.05) is 0 Å². The molecule has 1 aliphatic rings. The van der Waals surface area contributed by atoms with Crippen LogP contribution in [-0.4, -0.2) is 54.2 Å². The molecule has 0 aromatic carbocycles. The molecule has 24 heavy (non-hydrogen) atoms. The molecular weight excluding hydrogens is 338 g/mol. The number of anilines is 1. The third kappa shape index (κ3) is 2.76. The van der Waals surface area contributed by atoms with Crippen LogP contribution in [0.3, 0.4) is 0 Å². The van der Waals surface area contributed by atoms with E-state index in [0.717, 1.165) is 10.9 Å². The van der Waals surface area contributed by atoms with Crippen LogP contribution >= 0.6 is 0 Å². The van der Waals surface area contributed by atoms with Gasteiger partial charge in [0.1, 0.15) is 11.8 Å². The molecule has 2 aromatic heterocycles. The number of nitrogens with zero attached hydrogens (tertiary/aromatic N) is 4. The Morgan fingerprint density at radius 3 is 2.75 bits per heavy atom. The standard InChI is InChI=1S/C12H13F4N5O3/c13-10-19-8(17)7-9(20-10)21(4-18-7)6-1-5(23)11(3-22,24-6)2-12(14,15)16/h4-6,22-23H,1-3H2,(H2,17,19,20)/t5-,6+,11+/m0/s1. The molecule has 4 N–H and O–H groups in total. The zero-order chi connectivity index (χ0) is 17.7. The van der Waals surface area contributed by atoms with Crippen LogP contribution in [-0.2, 0) is 4.74 Å². The lowest BCUT2D eigenvalue weighted by atomic mass is 9.93. The molecule has 2 aromatic rings. The van der Waals surface area contributed by atoms with Crippen molar-refractivity contribution in [1.29, 1.82) is 0 Å². The Morgan fingerprint density at radius 2 is 2.12 bits per heavy atom. The predicted octanol–water partition coefficient (Wildman–Crippen LogP) is 0.511. The molecule has 0 spiro atoms. The van der Waals surface area contributed by atoms with Gasteiger partial charge < -0.3 is 20.7 Å². The third-order valence-corrected chi connectivity index (χ3v) is 3.90. The molecule has 0 unspecified atom stereocenters. The number of halogens is 4. The topological polar surface area (TPSA) is 119 Å². The van der Waals surface area contributed by atoms with Gasteiger partial charge in [0, 0.05) is 6.42 Å². The molecule has 132 valence electrons. The minimum absolute atomic E-state index is 0.0480. The summed E-state index contributed by atoms with van der Waals surface area (Å²) in [6.07, 6.45) is -9.17. The summed E-state index contributed by atoms with van der Waals surface area (Å²) >= 11 is 0. The molecule has 0 bridgehead atoms. The third-order valence-electron chi connectivity index (χ3n) is 3.90. The molecule has 1 saturated heterocycles. The number of nitrogen functional groups attached to an aromatic ring is 1. The molecule has 3 heterocycles. The molecule has 0 aliphatic carbocycles. The monoisotopic (exact) mass is 351 g/mol. The van der Waals surface area contributed by atoms with Gasteiger partial charge in [0.25, 0.3) is 0 Å². The summed E-state index contributed by atoms with van der Waals surface area (Å²) in [6.45, 7) is -1.04. The summed E-state index contributed by atoms with van der Waals surface area (Å²) in [5.41, 5.74) is 3.26. The van der Waals surface area contributed by atoms with E-state index in [1.54, 1.807) is 0 Å². The largest absolute Gasteiger partial charge is 0.393 e. The lowest BCUT2D eigenvalue weighted by molar-refractivity contribution is -0.215. The van der Waals surface area contributed by atoms with Crippen LogP contribution < -0.4 is 5.73 Å². The van der Waals surface area contributed by atoms with Crippen molar-refractivity contribution in [2.75, 3.05) is 12.3 Å². The Balaban J connectivity index is 1.98. The van der Waals surface area contributed by atoms with Gasteiger partial charge in [-0.05, 0) is 0 Å². The number of imidazole rings is 1. The molecule has 0 saturated carbocycles. The van der Waals surface area contributed by atoms with E-state index in [2.05, 4.69) is 15.0 Å². The Bertz CT molecular complexity index is 767. The van der Waals surface area contributed by atoms with Crippen molar-refractivity contribution < 1.29 is 32.5 Å². The summed E-state index contributed by atoms with van der Waals surface area (Å²) in [7, 11) is 0. The van der Waals surface area contributed by atoms with Gasteiger partial charge in [-0.15, -0.1) is 0 Å². The van der Waals surface area contributed by atoms with Crippen molar-refractivity contribution in [2.45, 2.75) is 37.0 Å². The van der Waals surface area contributed by atoms with Crippen molar-refractivity contribution in [2.24, 2.45) is 0 Å². The average Bonchev–Trinajstić information content (AvgIpc) is 3.00. The average molecular weight is 351 g/mol. The fourth-order valence-electron chi connectivity index (χ4n) is 2.79. The van der Waals surface area contributed by atoms with Crippen LogP contribution in [0.25, 0.3) is 11.2 Å². The molecule has 0 amide bonds. The number of aromatic nitrogens is 4. The van der Waals surface area contributed by atoms with Gasteiger partial charge in [-0.2, -0.15) is 27.5 Å². The number of rotatable bonds is 3. The molecule has 1 aliphatic heterocycles. The van der Waals surface area contributed by atoms with Gasteiger partial charge in [0.2, 0.25) is 0 Å². The maximum atomic E-state index is 13.3. The minimum atomic E-state index is -4.66. The van der Waals surface area contributed by atoms with Crippen molar-refractivity contribution in [3.63, 3.8) is 0 Å². The highest BCUT2D eigenvalue weighted by Crippen LogP contribution is 2.43. The van der Waals surface area contributed by atoms with Crippen molar-refractivity contribution in [3.05, 3.63) is 12.4 Å². The van der Waals surface area contributed by atoms with Crippen molar-refractivity contribution in [3.8, 4) is 0 Å². The smallest absolute Gasteiger partial charge is 0.392 e. The molecule has 3 atom stereocenters. The van der Waals surface area contributed by atoms with Crippen molar-refractivity contribution >= 4 is 17.0 Å². The van der Waals surface area contributed by atoms with E-state index in [0.29, 0.717) is 0 Å². The van der Waals surface area contributed by atoms with Crippen LogP contribution in [0, 0.1) is 6.08 Å². The van der Waals surface area contributed by atoms with Gasteiger partial charge in [0.15, 0.2) is 17.0 Å². The highest BCUT2D eigenvalue weighted by molar-refractivity contribution is 5.81. The number of hydrogen-bond acceptors (Lipinski definition) is 7. The first kappa shape index (κ1) is 16.8. The molecule has 12 heteroatoms. The van der Waals surface area contributed by atoms with Gasteiger partial charge >= 0.3 is 12.3 Å². The number of aliphatic hydroxyl groups is 2. The Labute approximate surface area is 131 Å². The Hall–Kier alpha value is -2.05. The number of aliphatic hydroxyl groups excluding tert-OH is 2. The Kier molecular flexibility index (Phi) is 3.85. The first-order valence-corrected chi connectivity index (χ1v) is 6.84. The highest BCUT2D eigenvalue weighted by Gasteiger charge is 2.54. The lowest BCUT2D eigenvalue weighted by Crippen LogP contribution is -2.46. The number of hydrogen-bond donors (Lipinski definition) is 3. The van der Waals surface area contributed by atoms with Crippen LogP contribution in [0.1, 0.15) is 19.1 Å². The summed E-state index contributed by atoms with van der Waals surface area (Å²) in [4.78, 5) is 10.7.